The number of hydrogen-bond acceptors (Lipinski definition) is 4. The van der Waals surface area contributed by atoms with Crippen LogP contribution < -0.4 is 10.6 Å². The maximum Gasteiger partial charge on any atom is 0.223 e. The predicted octanol–water partition coefficient (Wildman–Crippen LogP) is 0.891. The quantitative estimate of drug-likeness (QED) is 0.427. The van der Waals surface area contributed by atoms with E-state index in [1.54, 1.807) is 0 Å². The van der Waals surface area contributed by atoms with Gasteiger partial charge in [-0.15, -0.1) is 0 Å². The second kappa shape index (κ2) is 9.30. The number of rotatable bonds is 11. The minimum Gasteiger partial charge on any atom is -0.355 e. The Morgan fingerprint density at radius 2 is 1.83 bits per heavy atom. The zero-order valence-electron chi connectivity index (χ0n) is 11.5. The summed E-state index contributed by atoms with van der Waals surface area (Å²) in [5.41, 5.74) is 0. The molecule has 1 rings (SSSR count). The van der Waals surface area contributed by atoms with Crippen LogP contribution in [0.2, 0.25) is 0 Å². The minimum atomic E-state index is -0.117. The third-order valence-electron chi connectivity index (χ3n) is 2.81. The van der Waals surface area contributed by atoms with E-state index in [1.165, 1.54) is 0 Å². The molecule has 0 bridgehead atoms. The lowest BCUT2D eigenvalue weighted by atomic mass is 10.4. The maximum absolute atomic E-state index is 11.3. The van der Waals surface area contributed by atoms with E-state index in [9.17, 15) is 4.79 Å². The van der Waals surface area contributed by atoms with Crippen LogP contribution in [0, 0.1) is 5.92 Å². The van der Waals surface area contributed by atoms with E-state index in [-0.39, 0.29) is 12.2 Å². The Balaban J connectivity index is 1.91. The minimum absolute atomic E-state index is 0.117. The molecule has 18 heavy (non-hydrogen) atoms. The Bertz CT molecular complexity index is 226. The van der Waals surface area contributed by atoms with Crippen molar-refractivity contribution in [3.63, 3.8) is 0 Å². The van der Waals surface area contributed by atoms with E-state index >= 15 is 0 Å². The molecule has 0 saturated heterocycles. The summed E-state index contributed by atoms with van der Waals surface area (Å²) in [5.74, 6) is 0.503. The molecular weight excluding hydrogens is 232 g/mol. The van der Waals surface area contributed by atoms with Gasteiger partial charge in [-0.1, -0.05) is 0 Å². The molecule has 0 spiro atoms. The lowest BCUT2D eigenvalue weighted by Crippen LogP contribution is -2.34. The van der Waals surface area contributed by atoms with E-state index in [2.05, 4.69) is 10.6 Å². The summed E-state index contributed by atoms with van der Waals surface area (Å²) in [5, 5.41) is 6.19. The molecule has 2 N–H and O–H groups in total. The average molecular weight is 258 g/mol. The smallest absolute Gasteiger partial charge is 0.223 e. The predicted molar refractivity (Wildman–Crippen MR) is 70.3 cm³/mol. The van der Waals surface area contributed by atoms with Gasteiger partial charge in [0.2, 0.25) is 5.91 Å². The molecule has 0 aromatic carbocycles. The van der Waals surface area contributed by atoms with Gasteiger partial charge < -0.3 is 20.1 Å². The second-order valence-electron chi connectivity index (χ2n) is 4.44. The molecule has 5 heteroatoms. The molecule has 106 valence electrons. The van der Waals surface area contributed by atoms with Crippen molar-refractivity contribution in [2.24, 2.45) is 5.92 Å². The van der Waals surface area contributed by atoms with Crippen LogP contribution in [0.1, 0.15) is 33.1 Å². The Morgan fingerprint density at radius 3 is 2.39 bits per heavy atom. The number of carbonyl (C=O) groups is 1. The van der Waals surface area contributed by atoms with Gasteiger partial charge in [0.05, 0.1) is 0 Å². The highest BCUT2D eigenvalue weighted by atomic mass is 16.7. The first-order valence-corrected chi connectivity index (χ1v) is 6.99. The highest BCUT2D eigenvalue weighted by Crippen LogP contribution is 2.28. The van der Waals surface area contributed by atoms with Crippen LogP contribution >= 0.6 is 0 Å². The summed E-state index contributed by atoms with van der Waals surface area (Å²) >= 11 is 0. The van der Waals surface area contributed by atoms with Crippen molar-refractivity contribution in [2.75, 3.05) is 32.8 Å². The lowest BCUT2D eigenvalue weighted by Gasteiger charge is -2.17. The van der Waals surface area contributed by atoms with Crippen molar-refractivity contribution < 1.29 is 14.3 Å². The van der Waals surface area contributed by atoms with Crippen LogP contribution in [-0.4, -0.2) is 45.0 Å². The number of nitrogens with one attached hydrogen (secondary N) is 2. The molecule has 1 aliphatic rings. The number of carbonyl (C=O) groups excluding carboxylic acids is 1. The van der Waals surface area contributed by atoms with Crippen molar-refractivity contribution in [1.82, 2.24) is 10.6 Å². The summed E-state index contributed by atoms with van der Waals surface area (Å²) in [6.07, 6.45) is 2.83. The highest BCUT2D eigenvalue weighted by molar-refractivity contribution is 5.80. The molecule has 0 heterocycles. The molecule has 1 aliphatic carbocycles. The Morgan fingerprint density at radius 1 is 1.17 bits per heavy atom. The molecule has 0 aliphatic heterocycles. The first-order valence-electron chi connectivity index (χ1n) is 6.99. The zero-order valence-corrected chi connectivity index (χ0v) is 11.5. The average Bonchev–Trinajstić information content (AvgIpc) is 3.17. The van der Waals surface area contributed by atoms with Crippen LogP contribution in [0.15, 0.2) is 0 Å². The molecule has 0 atom stereocenters. The van der Waals surface area contributed by atoms with Gasteiger partial charge in [-0.2, -0.15) is 0 Å². The van der Waals surface area contributed by atoms with E-state index in [1.807, 2.05) is 13.8 Å². The summed E-state index contributed by atoms with van der Waals surface area (Å²) < 4.78 is 10.9. The fourth-order valence-electron chi connectivity index (χ4n) is 1.70. The van der Waals surface area contributed by atoms with Crippen molar-refractivity contribution in [1.29, 1.82) is 0 Å². The molecule has 5 nitrogen and oxygen atoms in total. The second-order valence-corrected chi connectivity index (χ2v) is 4.44. The van der Waals surface area contributed by atoms with Crippen molar-refractivity contribution >= 4 is 5.91 Å². The summed E-state index contributed by atoms with van der Waals surface area (Å²) in [7, 11) is 0. The Labute approximate surface area is 110 Å². The first kappa shape index (κ1) is 15.4. The Hall–Kier alpha value is -0.650. The molecule has 1 amide bonds. The monoisotopic (exact) mass is 258 g/mol. The van der Waals surface area contributed by atoms with Gasteiger partial charge in [0.15, 0.2) is 6.29 Å². The normalized spacial score (nSPS) is 15.1. The topological polar surface area (TPSA) is 59.6 Å². The van der Waals surface area contributed by atoms with E-state index in [0.717, 1.165) is 32.4 Å². The SMILES string of the molecule is CCOC(CCNCCNC(=O)C1CC1)OCC. The Kier molecular flexibility index (Phi) is 7.96. The van der Waals surface area contributed by atoms with Crippen molar-refractivity contribution in [3.05, 3.63) is 0 Å². The van der Waals surface area contributed by atoms with Crippen LogP contribution in [0.5, 0.6) is 0 Å². The van der Waals surface area contributed by atoms with E-state index in [0.29, 0.717) is 25.7 Å². The van der Waals surface area contributed by atoms with Gasteiger partial charge in [-0.3, -0.25) is 4.79 Å². The van der Waals surface area contributed by atoms with Gasteiger partial charge in [0.1, 0.15) is 0 Å². The van der Waals surface area contributed by atoms with Crippen LogP contribution in [0.3, 0.4) is 0 Å². The highest BCUT2D eigenvalue weighted by Gasteiger charge is 2.28. The molecule has 1 fully saturated rings. The number of ether oxygens (including phenoxy) is 2. The lowest BCUT2D eigenvalue weighted by molar-refractivity contribution is -0.138. The van der Waals surface area contributed by atoms with Gasteiger partial charge >= 0.3 is 0 Å². The van der Waals surface area contributed by atoms with Gasteiger partial charge in [-0.25, -0.2) is 0 Å². The van der Waals surface area contributed by atoms with E-state index < -0.39 is 0 Å². The van der Waals surface area contributed by atoms with E-state index in [4.69, 9.17) is 9.47 Å². The molecule has 0 aromatic rings. The summed E-state index contributed by atoms with van der Waals surface area (Å²) in [6.45, 7) is 7.60. The largest absolute Gasteiger partial charge is 0.355 e. The van der Waals surface area contributed by atoms with Gasteiger partial charge in [0.25, 0.3) is 0 Å². The fraction of sp³-hybridized carbons (Fsp3) is 0.923. The molecule has 0 radical (unpaired) electrons. The van der Waals surface area contributed by atoms with Crippen LogP contribution in [0.25, 0.3) is 0 Å². The third-order valence-corrected chi connectivity index (χ3v) is 2.81. The summed E-state index contributed by atoms with van der Waals surface area (Å²) in [4.78, 5) is 11.3. The fourth-order valence-corrected chi connectivity index (χ4v) is 1.70. The molecule has 0 unspecified atom stereocenters. The third kappa shape index (κ3) is 6.93. The van der Waals surface area contributed by atoms with Crippen molar-refractivity contribution in [2.45, 2.75) is 39.4 Å². The van der Waals surface area contributed by atoms with Gasteiger partial charge in [-0.05, 0) is 26.7 Å². The standard InChI is InChI=1S/C13H26N2O3/c1-3-17-12(18-4-2)7-8-14-9-10-15-13(16)11-5-6-11/h11-12,14H,3-10H2,1-2H3,(H,15,16). The molecule has 0 aromatic heterocycles. The summed E-state index contributed by atoms with van der Waals surface area (Å²) in [6, 6.07) is 0. The molecule has 1 saturated carbocycles. The number of hydrogen-bond donors (Lipinski definition) is 2. The van der Waals surface area contributed by atoms with Gasteiger partial charge in [0, 0.05) is 45.2 Å². The van der Waals surface area contributed by atoms with Crippen LogP contribution in [0.4, 0.5) is 0 Å². The number of amides is 1. The molecular formula is C13H26N2O3. The maximum atomic E-state index is 11.3. The van der Waals surface area contributed by atoms with Crippen molar-refractivity contribution in [3.8, 4) is 0 Å². The first-order chi connectivity index (χ1) is 8.77. The zero-order chi connectivity index (χ0) is 13.2. The van der Waals surface area contributed by atoms with Crippen LogP contribution in [-0.2, 0) is 14.3 Å².